The van der Waals surface area contributed by atoms with Gasteiger partial charge >= 0.3 is 0 Å². The molecule has 1 N–H and O–H groups in total. The van der Waals surface area contributed by atoms with E-state index in [1.807, 2.05) is 0 Å². The lowest BCUT2D eigenvalue weighted by Gasteiger charge is -2.33. The lowest BCUT2D eigenvalue weighted by Crippen LogP contribution is -2.48. The Morgan fingerprint density at radius 1 is 1.52 bits per heavy atom. The average Bonchev–Trinajstić information content (AvgIpc) is 3.04. The maximum atomic E-state index is 13.2. The molecule has 6 nitrogen and oxygen atoms in total. The van der Waals surface area contributed by atoms with Crippen LogP contribution in [0.1, 0.15) is 31.0 Å². The van der Waals surface area contributed by atoms with Crippen molar-refractivity contribution in [3.05, 3.63) is 11.7 Å². The number of hydrogen-bond donors (Lipinski definition) is 1. The molecule has 0 spiro atoms. The highest BCUT2D eigenvalue weighted by Gasteiger charge is 2.44. The van der Waals surface area contributed by atoms with Crippen molar-refractivity contribution in [1.82, 2.24) is 20.4 Å². The van der Waals surface area contributed by atoms with Crippen LogP contribution in [0.15, 0.2) is 4.52 Å². The number of amides is 1. The second-order valence-corrected chi connectivity index (χ2v) is 6.22. The van der Waals surface area contributed by atoms with Gasteiger partial charge in [0, 0.05) is 32.9 Å². The van der Waals surface area contributed by atoms with Crippen LogP contribution < -0.4 is 5.32 Å². The van der Waals surface area contributed by atoms with Crippen molar-refractivity contribution in [1.29, 1.82) is 0 Å². The summed E-state index contributed by atoms with van der Waals surface area (Å²) < 4.78 is 31.4. The Kier molecular flexibility index (Phi) is 5.57. The first-order valence-electron chi connectivity index (χ1n) is 7.62. The Hall–Kier alpha value is -1.28. The Labute approximate surface area is 139 Å². The van der Waals surface area contributed by atoms with Crippen LogP contribution in [-0.4, -0.2) is 52.5 Å². The van der Waals surface area contributed by atoms with Crippen molar-refractivity contribution < 1.29 is 18.1 Å². The van der Waals surface area contributed by atoms with Gasteiger partial charge in [-0.1, -0.05) is 5.16 Å². The fourth-order valence-electron chi connectivity index (χ4n) is 3.22. The van der Waals surface area contributed by atoms with Crippen LogP contribution in [0.3, 0.4) is 0 Å². The summed E-state index contributed by atoms with van der Waals surface area (Å²) >= 11 is 0. The SMILES string of the molecule is Cc1nc(CC2CCCN(C(=O)C3CC(F)(F)CN3)C2)no1.Cl. The van der Waals surface area contributed by atoms with E-state index >= 15 is 0 Å². The summed E-state index contributed by atoms with van der Waals surface area (Å²) in [4.78, 5) is 18.2. The van der Waals surface area contributed by atoms with E-state index in [1.165, 1.54) is 0 Å². The Balaban J connectivity index is 0.00000192. The maximum absolute atomic E-state index is 13.2. The minimum absolute atomic E-state index is 0. The molecule has 3 heterocycles. The molecule has 1 aromatic heterocycles. The van der Waals surface area contributed by atoms with Crippen molar-refractivity contribution >= 4 is 18.3 Å². The molecule has 23 heavy (non-hydrogen) atoms. The van der Waals surface area contributed by atoms with Crippen molar-refractivity contribution in [2.24, 2.45) is 5.92 Å². The zero-order valence-corrected chi connectivity index (χ0v) is 13.7. The van der Waals surface area contributed by atoms with E-state index in [2.05, 4.69) is 15.5 Å². The molecule has 2 atom stereocenters. The molecule has 1 amide bonds. The topological polar surface area (TPSA) is 71.3 Å². The van der Waals surface area contributed by atoms with Crippen molar-refractivity contribution in [2.75, 3.05) is 19.6 Å². The lowest BCUT2D eigenvalue weighted by molar-refractivity contribution is -0.135. The number of alkyl halides is 2. The van der Waals surface area contributed by atoms with E-state index in [0.29, 0.717) is 31.2 Å². The van der Waals surface area contributed by atoms with Crippen LogP contribution in [0.4, 0.5) is 8.78 Å². The second-order valence-electron chi connectivity index (χ2n) is 6.22. The first-order valence-corrected chi connectivity index (χ1v) is 7.62. The number of carbonyl (C=O) groups excluding carboxylic acids is 1. The molecule has 130 valence electrons. The van der Waals surface area contributed by atoms with Gasteiger partial charge in [-0.05, 0) is 18.8 Å². The highest BCUT2D eigenvalue weighted by Crippen LogP contribution is 2.27. The number of piperidine rings is 1. The normalized spacial score (nSPS) is 26.8. The van der Waals surface area contributed by atoms with Crippen molar-refractivity contribution in [3.8, 4) is 0 Å². The first-order chi connectivity index (χ1) is 10.4. The van der Waals surface area contributed by atoms with Gasteiger partial charge in [0.15, 0.2) is 5.82 Å². The summed E-state index contributed by atoms with van der Waals surface area (Å²) in [6.45, 7) is 2.52. The van der Waals surface area contributed by atoms with Crippen LogP contribution >= 0.6 is 12.4 Å². The molecule has 2 fully saturated rings. The van der Waals surface area contributed by atoms with Gasteiger partial charge in [-0.3, -0.25) is 10.1 Å². The zero-order valence-electron chi connectivity index (χ0n) is 12.9. The third-order valence-electron chi connectivity index (χ3n) is 4.28. The third-order valence-corrected chi connectivity index (χ3v) is 4.28. The van der Waals surface area contributed by atoms with Crippen LogP contribution in [0.2, 0.25) is 0 Å². The largest absolute Gasteiger partial charge is 0.341 e. The molecule has 2 aliphatic heterocycles. The Morgan fingerprint density at radius 2 is 2.30 bits per heavy atom. The molecule has 2 saturated heterocycles. The van der Waals surface area contributed by atoms with Gasteiger partial charge in [0.1, 0.15) is 0 Å². The van der Waals surface area contributed by atoms with Gasteiger partial charge in [0.2, 0.25) is 11.8 Å². The molecule has 3 rings (SSSR count). The molecule has 1 aromatic rings. The summed E-state index contributed by atoms with van der Waals surface area (Å²) in [7, 11) is 0. The van der Waals surface area contributed by atoms with Gasteiger partial charge in [0.05, 0.1) is 12.6 Å². The Morgan fingerprint density at radius 3 is 2.91 bits per heavy atom. The molecular formula is C14H21ClF2N4O2. The summed E-state index contributed by atoms with van der Waals surface area (Å²) in [5.41, 5.74) is 0. The number of aryl methyl sites for hydroxylation is 1. The maximum Gasteiger partial charge on any atom is 0.262 e. The minimum Gasteiger partial charge on any atom is -0.341 e. The number of nitrogens with one attached hydrogen (secondary N) is 1. The standard InChI is InChI=1S/C14H20F2N4O2.ClH/c1-9-18-12(19-22-9)5-10-3-2-4-20(7-10)13(21)11-6-14(15,16)8-17-11;/h10-11,17H,2-8H2,1H3;1H. The number of likely N-dealkylation sites (tertiary alicyclic amines) is 1. The van der Waals surface area contributed by atoms with Gasteiger partial charge < -0.3 is 9.42 Å². The second kappa shape index (κ2) is 7.09. The summed E-state index contributed by atoms with van der Waals surface area (Å²) in [6.07, 6.45) is 2.09. The van der Waals surface area contributed by atoms with Crippen LogP contribution in [0.5, 0.6) is 0 Å². The van der Waals surface area contributed by atoms with E-state index < -0.39 is 24.9 Å². The molecule has 2 aliphatic rings. The molecule has 2 unspecified atom stereocenters. The average molecular weight is 351 g/mol. The van der Waals surface area contributed by atoms with Crippen molar-refractivity contribution in [2.45, 2.75) is 44.6 Å². The smallest absolute Gasteiger partial charge is 0.262 e. The molecule has 9 heteroatoms. The van der Waals surface area contributed by atoms with Gasteiger partial charge in [-0.2, -0.15) is 4.98 Å². The number of carbonyl (C=O) groups is 1. The molecular weight excluding hydrogens is 330 g/mol. The van der Waals surface area contributed by atoms with E-state index in [4.69, 9.17) is 4.52 Å². The highest BCUT2D eigenvalue weighted by atomic mass is 35.5. The molecule has 0 radical (unpaired) electrons. The summed E-state index contributed by atoms with van der Waals surface area (Å²) in [6, 6.07) is -0.763. The fraction of sp³-hybridized carbons (Fsp3) is 0.786. The molecule has 0 saturated carbocycles. The van der Waals surface area contributed by atoms with E-state index in [9.17, 15) is 13.6 Å². The summed E-state index contributed by atoms with van der Waals surface area (Å²) in [5.74, 6) is -1.58. The monoisotopic (exact) mass is 350 g/mol. The van der Waals surface area contributed by atoms with Crippen LogP contribution in [-0.2, 0) is 11.2 Å². The number of halogens is 3. The summed E-state index contributed by atoms with van der Waals surface area (Å²) in [5, 5.41) is 6.51. The van der Waals surface area contributed by atoms with Crippen LogP contribution in [0.25, 0.3) is 0 Å². The van der Waals surface area contributed by atoms with Gasteiger partial charge in [0.25, 0.3) is 5.92 Å². The predicted octanol–water partition coefficient (Wildman–Crippen LogP) is 1.58. The minimum atomic E-state index is -2.78. The zero-order chi connectivity index (χ0) is 15.7. The fourth-order valence-corrected chi connectivity index (χ4v) is 3.22. The number of nitrogens with zero attached hydrogens (tertiary/aromatic N) is 3. The van der Waals surface area contributed by atoms with Crippen molar-refractivity contribution in [3.63, 3.8) is 0 Å². The number of rotatable bonds is 3. The van der Waals surface area contributed by atoms with Gasteiger partial charge in [-0.15, -0.1) is 12.4 Å². The quantitative estimate of drug-likeness (QED) is 0.896. The van der Waals surface area contributed by atoms with Crippen LogP contribution in [0, 0.1) is 12.8 Å². The molecule has 0 bridgehead atoms. The number of aromatic nitrogens is 2. The Bertz CT molecular complexity index is 555. The number of hydrogen-bond acceptors (Lipinski definition) is 5. The van der Waals surface area contributed by atoms with E-state index in [0.717, 1.165) is 12.8 Å². The third kappa shape index (κ3) is 4.38. The molecule has 0 aromatic carbocycles. The highest BCUT2D eigenvalue weighted by molar-refractivity contribution is 5.85. The first kappa shape index (κ1) is 18.1. The lowest BCUT2D eigenvalue weighted by atomic mass is 9.94. The van der Waals surface area contributed by atoms with Gasteiger partial charge in [-0.25, -0.2) is 8.78 Å². The predicted molar refractivity (Wildman–Crippen MR) is 80.6 cm³/mol. The molecule has 0 aliphatic carbocycles. The van der Waals surface area contributed by atoms with E-state index in [-0.39, 0.29) is 24.2 Å². The van der Waals surface area contributed by atoms with E-state index in [1.54, 1.807) is 11.8 Å².